The van der Waals surface area contributed by atoms with E-state index in [-0.39, 0.29) is 10.3 Å². The predicted molar refractivity (Wildman–Crippen MR) is 73.8 cm³/mol. The second-order valence-electron chi connectivity index (χ2n) is 5.60. The molecule has 0 aliphatic heterocycles. The van der Waals surface area contributed by atoms with Gasteiger partial charge in [0.15, 0.2) is 0 Å². The summed E-state index contributed by atoms with van der Waals surface area (Å²) in [7, 11) is -1.66. The van der Waals surface area contributed by atoms with Crippen molar-refractivity contribution in [3.63, 3.8) is 0 Å². The summed E-state index contributed by atoms with van der Waals surface area (Å²) in [6.45, 7) is 6.52. The Kier molecular flexibility index (Phi) is 4.53. The van der Waals surface area contributed by atoms with Gasteiger partial charge < -0.3 is 5.32 Å². The lowest BCUT2D eigenvalue weighted by Gasteiger charge is -2.30. The molecule has 102 valence electrons. The molecule has 0 aromatic heterocycles. The molecule has 0 heterocycles. The van der Waals surface area contributed by atoms with E-state index in [1.165, 1.54) is 0 Å². The molecule has 0 aliphatic carbocycles. The lowest BCUT2D eigenvalue weighted by molar-refractivity contribution is 0.280. The van der Waals surface area contributed by atoms with Crippen LogP contribution in [0.4, 0.5) is 0 Å². The van der Waals surface area contributed by atoms with E-state index < -0.39 is 10.0 Å². The third kappa shape index (κ3) is 4.08. The van der Waals surface area contributed by atoms with Gasteiger partial charge in [0.05, 0.1) is 4.90 Å². The van der Waals surface area contributed by atoms with E-state index in [4.69, 9.17) is 5.14 Å². The summed E-state index contributed by atoms with van der Waals surface area (Å²) in [6, 6.07) is 7.07. The first kappa shape index (κ1) is 15.1. The molecule has 0 saturated carbocycles. The van der Waals surface area contributed by atoms with Crippen LogP contribution in [-0.2, 0) is 16.4 Å². The van der Waals surface area contributed by atoms with Crippen molar-refractivity contribution < 1.29 is 8.42 Å². The zero-order chi connectivity index (χ0) is 14.0. The van der Waals surface area contributed by atoms with Crippen LogP contribution in [0.25, 0.3) is 0 Å². The van der Waals surface area contributed by atoms with E-state index in [1.54, 1.807) is 12.1 Å². The Bertz CT molecular complexity index is 487. The fourth-order valence-electron chi connectivity index (χ4n) is 1.89. The van der Waals surface area contributed by atoms with Crippen molar-refractivity contribution in [1.82, 2.24) is 5.32 Å². The molecule has 0 bridgehead atoms. The van der Waals surface area contributed by atoms with E-state index in [2.05, 4.69) is 26.1 Å². The highest BCUT2D eigenvalue weighted by atomic mass is 32.2. The van der Waals surface area contributed by atoms with Crippen LogP contribution in [-0.4, -0.2) is 21.5 Å². The second-order valence-corrected chi connectivity index (χ2v) is 7.16. The zero-order valence-corrected chi connectivity index (χ0v) is 12.2. The van der Waals surface area contributed by atoms with Crippen LogP contribution in [0.1, 0.15) is 26.3 Å². The number of hydrogen-bond donors (Lipinski definition) is 2. The molecule has 0 saturated heterocycles. The molecule has 0 aliphatic rings. The first-order valence-electron chi connectivity index (χ1n) is 5.93. The van der Waals surface area contributed by atoms with Gasteiger partial charge in [0, 0.05) is 6.04 Å². The summed E-state index contributed by atoms with van der Waals surface area (Å²) in [5, 5.41) is 8.36. The monoisotopic (exact) mass is 270 g/mol. The number of benzene rings is 1. The van der Waals surface area contributed by atoms with Gasteiger partial charge in [-0.05, 0) is 36.6 Å². The van der Waals surface area contributed by atoms with Crippen molar-refractivity contribution in [2.24, 2.45) is 10.6 Å². The summed E-state index contributed by atoms with van der Waals surface area (Å²) in [5.41, 5.74) is 1.24. The van der Waals surface area contributed by atoms with E-state index in [1.807, 2.05) is 19.2 Å². The number of primary sulfonamides is 1. The van der Waals surface area contributed by atoms with Crippen molar-refractivity contribution in [3.8, 4) is 0 Å². The Morgan fingerprint density at radius 3 is 2.06 bits per heavy atom. The Morgan fingerprint density at radius 2 is 1.72 bits per heavy atom. The number of hydrogen-bond acceptors (Lipinski definition) is 3. The van der Waals surface area contributed by atoms with Crippen molar-refractivity contribution >= 4 is 10.0 Å². The van der Waals surface area contributed by atoms with Crippen LogP contribution in [0, 0.1) is 5.41 Å². The molecule has 1 aromatic carbocycles. The molecule has 1 rings (SSSR count). The van der Waals surface area contributed by atoms with Gasteiger partial charge >= 0.3 is 0 Å². The van der Waals surface area contributed by atoms with Crippen molar-refractivity contribution in [3.05, 3.63) is 29.8 Å². The summed E-state index contributed by atoms with van der Waals surface area (Å²) >= 11 is 0. The third-order valence-corrected chi connectivity index (χ3v) is 4.01. The van der Waals surface area contributed by atoms with Gasteiger partial charge in [-0.2, -0.15) is 0 Å². The van der Waals surface area contributed by atoms with Crippen LogP contribution >= 0.6 is 0 Å². The highest BCUT2D eigenvalue weighted by Crippen LogP contribution is 2.22. The van der Waals surface area contributed by atoms with E-state index in [0.29, 0.717) is 6.04 Å². The summed E-state index contributed by atoms with van der Waals surface area (Å²) < 4.78 is 22.3. The third-order valence-electron chi connectivity index (χ3n) is 3.09. The average Bonchev–Trinajstić information content (AvgIpc) is 2.23. The molecule has 0 radical (unpaired) electrons. The molecule has 1 unspecified atom stereocenters. The zero-order valence-electron chi connectivity index (χ0n) is 11.4. The van der Waals surface area contributed by atoms with Crippen molar-refractivity contribution in [1.29, 1.82) is 0 Å². The minimum Gasteiger partial charge on any atom is -0.316 e. The maximum absolute atomic E-state index is 11.1. The first-order valence-corrected chi connectivity index (χ1v) is 7.48. The molecule has 0 fully saturated rings. The Labute approximate surface area is 110 Å². The fraction of sp³-hybridized carbons (Fsp3) is 0.538. The van der Waals surface area contributed by atoms with Gasteiger partial charge in [0.2, 0.25) is 10.0 Å². The maximum atomic E-state index is 11.1. The van der Waals surface area contributed by atoms with Gasteiger partial charge in [-0.1, -0.05) is 32.9 Å². The Morgan fingerprint density at radius 1 is 1.22 bits per heavy atom. The van der Waals surface area contributed by atoms with E-state index >= 15 is 0 Å². The van der Waals surface area contributed by atoms with Crippen LogP contribution in [0.2, 0.25) is 0 Å². The fourth-order valence-corrected chi connectivity index (χ4v) is 2.41. The number of likely N-dealkylation sites (N-methyl/N-ethyl adjacent to an activating group) is 1. The van der Waals surface area contributed by atoms with Gasteiger partial charge in [0.25, 0.3) is 0 Å². The molecule has 4 nitrogen and oxygen atoms in total. The number of sulfonamides is 1. The van der Waals surface area contributed by atoms with Crippen molar-refractivity contribution in [2.45, 2.75) is 38.1 Å². The summed E-state index contributed by atoms with van der Waals surface area (Å²) in [6.07, 6.45) is 0.852. The van der Waals surface area contributed by atoms with Gasteiger partial charge in [-0.25, -0.2) is 13.6 Å². The molecule has 18 heavy (non-hydrogen) atoms. The average molecular weight is 270 g/mol. The first-order chi connectivity index (χ1) is 8.14. The topological polar surface area (TPSA) is 72.2 Å². The normalized spacial score (nSPS) is 14.5. The second kappa shape index (κ2) is 5.38. The van der Waals surface area contributed by atoms with Crippen molar-refractivity contribution in [2.75, 3.05) is 7.05 Å². The Balaban J connectivity index is 2.87. The van der Waals surface area contributed by atoms with E-state index in [9.17, 15) is 8.42 Å². The SMILES string of the molecule is CNC(Cc1ccc(S(N)(=O)=O)cc1)C(C)(C)C. The van der Waals surface area contributed by atoms with Gasteiger partial charge in [-0.15, -0.1) is 0 Å². The van der Waals surface area contributed by atoms with Gasteiger partial charge in [-0.3, -0.25) is 0 Å². The Hall–Kier alpha value is -0.910. The number of nitrogens with one attached hydrogen (secondary N) is 1. The number of rotatable bonds is 4. The molecular weight excluding hydrogens is 248 g/mol. The minimum absolute atomic E-state index is 0.146. The van der Waals surface area contributed by atoms with Crippen LogP contribution in [0.5, 0.6) is 0 Å². The van der Waals surface area contributed by atoms with E-state index in [0.717, 1.165) is 12.0 Å². The molecule has 5 heteroatoms. The number of nitrogens with two attached hydrogens (primary N) is 1. The maximum Gasteiger partial charge on any atom is 0.238 e. The van der Waals surface area contributed by atoms with Crippen LogP contribution in [0.3, 0.4) is 0 Å². The summed E-state index contributed by atoms with van der Waals surface area (Å²) in [4.78, 5) is 0.156. The van der Waals surface area contributed by atoms with Gasteiger partial charge in [0.1, 0.15) is 0 Å². The lowest BCUT2D eigenvalue weighted by atomic mass is 9.83. The molecule has 0 spiro atoms. The quantitative estimate of drug-likeness (QED) is 0.871. The molecular formula is C13H22N2O2S. The predicted octanol–water partition coefficient (Wildman–Crippen LogP) is 1.51. The summed E-state index contributed by atoms with van der Waals surface area (Å²) in [5.74, 6) is 0. The van der Waals surface area contributed by atoms with Crippen LogP contribution in [0.15, 0.2) is 29.2 Å². The highest BCUT2D eigenvalue weighted by molar-refractivity contribution is 7.89. The smallest absolute Gasteiger partial charge is 0.238 e. The largest absolute Gasteiger partial charge is 0.316 e. The molecule has 0 amide bonds. The lowest BCUT2D eigenvalue weighted by Crippen LogP contribution is -2.39. The molecule has 1 atom stereocenters. The standard InChI is InChI=1S/C13H22N2O2S/c1-13(2,3)12(15-4)9-10-5-7-11(8-6-10)18(14,16)17/h5-8,12,15H,9H2,1-4H3,(H2,14,16,17). The molecule has 3 N–H and O–H groups in total. The minimum atomic E-state index is -3.60. The highest BCUT2D eigenvalue weighted by Gasteiger charge is 2.23. The van der Waals surface area contributed by atoms with Crippen LogP contribution < -0.4 is 10.5 Å². The molecule has 1 aromatic rings.